The van der Waals surface area contributed by atoms with Crippen LogP contribution < -0.4 is 5.73 Å². The van der Waals surface area contributed by atoms with E-state index < -0.39 is 0 Å². The van der Waals surface area contributed by atoms with Crippen molar-refractivity contribution in [3.8, 4) is 0 Å². The van der Waals surface area contributed by atoms with Crippen LogP contribution in [0.4, 0.5) is 0 Å². The van der Waals surface area contributed by atoms with E-state index in [0.717, 1.165) is 12.1 Å². The zero-order valence-corrected chi connectivity index (χ0v) is 8.69. The minimum Gasteiger partial charge on any atom is -0.322 e. The summed E-state index contributed by atoms with van der Waals surface area (Å²) in [6.07, 6.45) is 1.08. The molecule has 0 fully saturated rings. The Balaban J connectivity index is 2.78. The Labute approximate surface area is 78.0 Å². The second-order valence-electron chi connectivity index (χ2n) is 3.74. The van der Waals surface area contributed by atoms with Gasteiger partial charge in [-0.25, -0.2) is 0 Å². The van der Waals surface area contributed by atoms with Gasteiger partial charge in [0.05, 0.1) is 11.7 Å². The van der Waals surface area contributed by atoms with Crippen LogP contribution in [-0.4, -0.2) is 4.37 Å². The van der Waals surface area contributed by atoms with Crippen molar-refractivity contribution in [2.75, 3.05) is 0 Å². The third-order valence-electron chi connectivity index (χ3n) is 2.53. The lowest BCUT2D eigenvalue weighted by Crippen LogP contribution is -2.28. The normalized spacial score (nSPS) is 14.7. The SMILES string of the molecule is CCC(C)(C)C(N)c1ccsn1. The molecule has 0 aliphatic carbocycles. The molecule has 1 atom stereocenters. The minimum absolute atomic E-state index is 0.0637. The van der Waals surface area contributed by atoms with E-state index in [2.05, 4.69) is 25.1 Å². The van der Waals surface area contributed by atoms with Gasteiger partial charge in [-0.3, -0.25) is 0 Å². The van der Waals surface area contributed by atoms with E-state index in [9.17, 15) is 0 Å². The predicted molar refractivity (Wildman–Crippen MR) is 53.1 cm³/mol. The van der Waals surface area contributed by atoms with Crippen molar-refractivity contribution >= 4 is 11.5 Å². The second kappa shape index (κ2) is 3.54. The van der Waals surface area contributed by atoms with E-state index >= 15 is 0 Å². The van der Waals surface area contributed by atoms with Gasteiger partial charge in [0.2, 0.25) is 0 Å². The molecule has 1 unspecified atom stereocenters. The molecule has 0 aliphatic rings. The van der Waals surface area contributed by atoms with Crippen molar-refractivity contribution in [3.63, 3.8) is 0 Å². The molecule has 12 heavy (non-hydrogen) atoms. The summed E-state index contributed by atoms with van der Waals surface area (Å²) in [6, 6.07) is 2.07. The Morgan fingerprint density at radius 3 is 2.75 bits per heavy atom. The van der Waals surface area contributed by atoms with Gasteiger partial charge in [-0.2, -0.15) is 4.37 Å². The molecule has 0 amide bonds. The smallest absolute Gasteiger partial charge is 0.0714 e. The van der Waals surface area contributed by atoms with E-state index in [-0.39, 0.29) is 11.5 Å². The fraction of sp³-hybridized carbons (Fsp3) is 0.667. The van der Waals surface area contributed by atoms with E-state index in [0.29, 0.717) is 0 Å². The van der Waals surface area contributed by atoms with Gasteiger partial charge in [0.1, 0.15) is 0 Å². The summed E-state index contributed by atoms with van der Waals surface area (Å²) in [6.45, 7) is 6.51. The first-order valence-electron chi connectivity index (χ1n) is 4.24. The molecule has 0 saturated carbocycles. The van der Waals surface area contributed by atoms with Crippen molar-refractivity contribution in [1.29, 1.82) is 0 Å². The second-order valence-corrected chi connectivity index (χ2v) is 4.41. The highest BCUT2D eigenvalue weighted by Gasteiger charge is 2.26. The number of hydrogen-bond acceptors (Lipinski definition) is 3. The van der Waals surface area contributed by atoms with Crippen LogP contribution in [0.25, 0.3) is 0 Å². The Morgan fingerprint density at radius 2 is 2.33 bits per heavy atom. The molecular formula is C9H16N2S. The third-order valence-corrected chi connectivity index (χ3v) is 3.10. The number of nitrogens with two attached hydrogens (primary N) is 1. The number of nitrogens with zero attached hydrogens (tertiary/aromatic N) is 1. The van der Waals surface area contributed by atoms with E-state index in [1.165, 1.54) is 11.5 Å². The van der Waals surface area contributed by atoms with Crippen LogP contribution in [0, 0.1) is 5.41 Å². The standard InChI is InChI=1S/C9H16N2S/c1-4-9(2,3)8(10)7-5-6-12-11-7/h5-6,8H,4,10H2,1-3H3. The lowest BCUT2D eigenvalue weighted by molar-refractivity contribution is 0.275. The molecule has 68 valence electrons. The molecule has 0 radical (unpaired) electrons. The van der Waals surface area contributed by atoms with E-state index in [4.69, 9.17) is 5.73 Å². The average Bonchev–Trinajstić information content (AvgIpc) is 2.55. The Kier molecular flexibility index (Phi) is 2.85. The molecule has 1 rings (SSSR count). The minimum atomic E-state index is 0.0637. The van der Waals surface area contributed by atoms with Gasteiger partial charge < -0.3 is 5.73 Å². The maximum Gasteiger partial charge on any atom is 0.0714 e. The molecule has 0 spiro atoms. The van der Waals surface area contributed by atoms with Crippen molar-refractivity contribution < 1.29 is 0 Å². The fourth-order valence-corrected chi connectivity index (χ4v) is 1.56. The molecule has 2 N–H and O–H groups in total. The lowest BCUT2D eigenvalue weighted by Gasteiger charge is -2.28. The molecule has 1 heterocycles. The summed E-state index contributed by atoms with van der Waals surface area (Å²) in [5.41, 5.74) is 7.24. The lowest BCUT2D eigenvalue weighted by atomic mass is 9.81. The van der Waals surface area contributed by atoms with Gasteiger partial charge >= 0.3 is 0 Å². The van der Waals surface area contributed by atoms with Crippen molar-refractivity contribution in [1.82, 2.24) is 4.37 Å². The Bertz CT molecular complexity index is 229. The highest BCUT2D eigenvalue weighted by Crippen LogP contribution is 2.33. The summed E-state index contributed by atoms with van der Waals surface area (Å²) in [5, 5.41) is 1.97. The summed E-state index contributed by atoms with van der Waals surface area (Å²) in [4.78, 5) is 0. The average molecular weight is 184 g/mol. The first-order valence-corrected chi connectivity index (χ1v) is 5.07. The summed E-state index contributed by atoms with van der Waals surface area (Å²) < 4.78 is 4.25. The number of hydrogen-bond donors (Lipinski definition) is 1. The van der Waals surface area contributed by atoms with Gasteiger partial charge in [0.15, 0.2) is 0 Å². The topological polar surface area (TPSA) is 38.9 Å². The van der Waals surface area contributed by atoms with Crippen LogP contribution in [0.5, 0.6) is 0 Å². The quantitative estimate of drug-likeness (QED) is 0.784. The summed E-state index contributed by atoms with van der Waals surface area (Å²) in [7, 11) is 0. The zero-order valence-electron chi connectivity index (χ0n) is 7.87. The molecule has 0 bridgehead atoms. The first-order chi connectivity index (χ1) is 5.58. The van der Waals surface area contributed by atoms with Crippen LogP contribution in [-0.2, 0) is 0 Å². The Morgan fingerprint density at radius 1 is 1.67 bits per heavy atom. The van der Waals surface area contributed by atoms with Crippen molar-refractivity contribution in [2.24, 2.45) is 11.1 Å². The molecule has 0 aromatic carbocycles. The summed E-state index contributed by atoms with van der Waals surface area (Å²) >= 11 is 1.46. The monoisotopic (exact) mass is 184 g/mol. The van der Waals surface area contributed by atoms with Crippen LogP contribution in [0.1, 0.15) is 38.9 Å². The molecule has 0 aliphatic heterocycles. The van der Waals surface area contributed by atoms with Gasteiger partial charge in [0, 0.05) is 5.38 Å². The largest absolute Gasteiger partial charge is 0.322 e. The highest BCUT2D eigenvalue weighted by molar-refractivity contribution is 7.03. The molecule has 3 heteroatoms. The highest BCUT2D eigenvalue weighted by atomic mass is 32.1. The van der Waals surface area contributed by atoms with Crippen LogP contribution in [0.15, 0.2) is 11.4 Å². The molecular weight excluding hydrogens is 168 g/mol. The molecule has 2 nitrogen and oxygen atoms in total. The van der Waals surface area contributed by atoms with Crippen LogP contribution >= 0.6 is 11.5 Å². The van der Waals surface area contributed by atoms with E-state index in [1.54, 1.807) is 0 Å². The van der Waals surface area contributed by atoms with Crippen molar-refractivity contribution in [3.05, 3.63) is 17.1 Å². The zero-order chi connectivity index (χ0) is 9.19. The number of aromatic nitrogens is 1. The number of rotatable bonds is 3. The molecule has 0 saturated heterocycles. The van der Waals surface area contributed by atoms with Crippen LogP contribution in [0.2, 0.25) is 0 Å². The van der Waals surface area contributed by atoms with Crippen molar-refractivity contribution in [2.45, 2.75) is 33.2 Å². The first kappa shape index (κ1) is 9.68. The van der Waals surface area contributed by atoms with Gasteiger partial charge in [-0.1, -0.05) is 20.8 Å². The predicted octanol–water partition coefficient (Wildman–Crippen LogP) is 2.58. The maximum absolute atomic E-state index is 6.07. The van der Waals surface area contributed by atoms with Crippen LogP contribution in [0.3, 0.4) is 0 Å². The molecule has 1 aromatic heterocycles. The van der Waals surface area contributed by atoms with Gasteiger partial charge in [-0.15, -0.1) is 0 Å². The maximum atomic E-state index is 6.07. The third kappa shape index (κ3) is 1.84. The molecule has 1 aromatic rings. The fourth-order valence-electron chi connectivity index (χ4n) is 1.00. The van der Waals surface area contributed by atoms with E-state index in [1.807, 2.05) is 11.4 Å². The van der Waals surface area contributed by atoms with Gasteiger partial charge in [0.25, 0.3) is 0 Å². The van der Waals surface area contributed by atoms with Gasteiger partial charge in [-0.05, 0) is 29.4 Å². The Hall–Kier alpha value is -0.410. The summed E-state index contributed by atoms with van der Waals surface area (Å²) in [5.74, 6) is 0.